The number of imidazole rings is 1. The topological polar surface area (TPSA) is 50.4 Å². The van der Waals surface area contributed by atoms with Crippen LogP contribution in [0.5, 0.6) is 5.75 Å². The highest BCUT2D eigenvalue weighted by atomic mass is 16.3. The third-order valence-electron chi connectivity index (χ3n) is 8.57. The van der Waals surface area contributed by atoms with Crippen molar-refractivity contribution in [3.63, 3.8) is 0 Å². The molecule has 47 heavy (non-hydrogen) atoms. The third kappa shape index (κ3) is 5.47. The molecule has 4 heteroatoms. The Hall–Kier alpha value is -6.26. The second-order valence-corrected chi connectivity index (χ2v) is 11.8. The fraction of sp³-hybridized carbons (Fsp3) is 0.0233. The predicted octanol–water partition coefficient (Wildman–Crippen LogP) is 10.7. The van der Waals surface area contributed by atoms with E-state index in [1.807, 2.05) is 72.8 Å². The molecule has 0 amide bonds. The molecule has 0 aliphatic rings. The number of phenolic OH excluding ortho intramolecular Hbond substituents is 1. The number of hydrogen-bond donors (Lipinski definition) is 1. The first kappa shape index (κ1) is 28.2. The number of fused-ring (bicyclic) bond motifs is 1. The van der Waals surface area contributed by atoms with Crippen molar-refractivity contribution >= 4 is 5.65 Å². The third-order valence-corrected chi connectivity index (χ3v) is 8.57. The van der Waals surface area contributed by atoms with Gasteiger partial charge in [0.25, 0.3) is 0 Å². The Bertz CT molecular complexity index is 2380. The van der Waals surface area contributed by atoms with E-state index in [4.69, 9.17) is 9.97 Å². The Morgan fingerprint density at radius 2 is 1.13 bits per heavy atom. The first-order valence-electron chi connectivity index (χ1n) is 15.7. The second kappa shape index (κ2) is 11.9. The molecule has 0 bridgehead atoms. The molecule has 224 valence electrons. The van der Waals surface area contributed by atoms with Gasteiger partial charge in [0.15, 0.2) is 0 Å². The molecule has 0 spiro atoms. The van der Waals surface area contributed by atoms with Crippen molar-refractivity contribution in [2.24, 2.45) is 0 Å². The molecule has 0 unspecified atom stereocenters. The summed E-state index contributed by atoms with van der Waals surface area (Å²) in [5.41, 5.74) is 13.4. The van der Waals surface area contributed by atoms with E-state index in [0.717, 1.165) is 61.7 Å². The summed E-state index contributed by atoms with van der Waals surface area (Å²) in [4.78, 5) is 10.2. The number of phenols is 1. The zero-order valence-corrected chi connectivity index (χ0v) is 25.9. The fourth-order valence-corrected chi connectivity index (χ4v) is 6.26. The Kier molecular flexibility index (Phi) is 7.16. The summed E-state index contributed by atoms with van der Waals surface area (Å²) in [5, 5.41) is 11.3. The van der Waals surface area contributed by atoms with Crippen LogP contribution in [0, 0.1) is 6.92 Å². The molecule has 4 nitrogen and oxygen atoms in total. The number of rotatable bonds is 6. The lowest BCUT2D eigenvalue weighted by molar-refractivity contribution is 0.477. The summed E-state index contributed by atoms with van der Waals surface area (Å²) >= 11 is 0. The van der Waals surface area contributed by atoms with E-state index in [1.54, 1.807) is 0 Å². The molecule has 0 atom stereocenters. The van der Waals surface area contributed by atoms with E-state index in [9.17, 15) is 5.11 Å². The van der Waals surface area contributed by atoms with E-state index < -0.39 is 0 Å². The van der Waals surface area contributed by atoms with Gasteiger partial charge in [0.1, 0.15) is 11.4 Å². The average Bonchev–Trinajstić information content (AvgIpc) is 3.52. The summed E-state index contributed by atoms with van der Waals surface area (Å²) < 4.78 is 2.15. The summed E-state index contributed by atoms with van der Waals surface area (Å²) in [6.07, 6.45) is 2.06. The first-order chi connectivity index (χ1) is 23.1. The molecule has 0 saturated heterocycles. The Morgan fingerprint density at radius 1 is 0.468 bits per heavy atom. The Labute approximate surface area is 273 Å². The summed E-state index contributed by atoms with van der Waals surface area (Å²) in [5.74, 6) is 0.192. The predicted molar refractivity (Wildman–Crippen MR) is 192 cm³/mol. The van der Waals surface area contributed by atoms with Crippen molar-refractivity contribution < 1.29 is 5.11 Å². The van der Waals surface area contributed by atoms with Crippen LogP contribution >= 0.6 is 0 Å². The number of benzene rings is 5. The van der Waals surface area contributed by atoms with Gasteiger partial charge < -0.3 is 5.11 Å². The minimum atomic E-state index is 0.192. The van der Waals surface area contributed by atoms with Gasteiger partial charge in [-0.3, -0.25) is 4.40 Å². The van der Waals surface area contributed by atoms with Gasteiger partial charge in [0, 0.05) is 28.5 Å². The maximum Gasteiger partial charge on any atom is 0.137 e. The van der Waals surface area contributed by atoms with Crippen molar-refractivity contribution in [1.82, 2.24) is 14.4 Å². The lowest BCUT2D eigenvalue weighted by Crippen LogP contribution is -1.93. The van der Waals surface area contributed by atoms with E-state index in [0.29, 0.717) is 11.3 Å². The molecule has 3 aromatic heterocycles. The van der Waals surface area contributed by atoms with Gasteiger partial charge in [-0.15, -0.1) is 0 Å². The molecule has 1 N–H and O–H groups in total. The minimum Gasteiger partial charge on any atom is -0.507 e. The lowest BCUT2D eigenvalue weighted by Gasteiger charge is -2.13. The monoisotopic (exact) mass is 605 g/mol. The van der Waals surface area contributed by atoms with Crippen LogP contribution in [0.25, 0.3) is 72.9 Å². The molecule has 0 aliphatic carbocycles. The summed E-state index contributed by atoms with van der Waals surface area (Å²) in [7, 11) is 0. The van der Waals surface area contributed by atoms with Crippen molar-refractivity contribution in [3.8, 4) is 73.0 Å². The largest absolute Gasteiger partial charge is 0.507 e. The van der Waals surface area contributed by atoms with Crippen molar-refractivity contribution in [3.05, 3.63) is 169 Å². The van der Waals surface area contributed by atoms with Crippen LogP contribution in [0.4, 0.5) is 0 Å². The number of hydrogen-bond acceptors (Lipinski definition) is 3. The maximum atomic E-state index is 11.3. The van der Waals surface area contributed by atoms with Gasteiger partial charge in [-0.05, 0) is 71.6 Å². The minimum absolute atomic E-state index is 0.192. The van der Waals surface area contributed by atoms with Crippen molar-refractivity contribution in [1.29, 1.82) is 0 Å². The molecule has 0 radical (unpaired) electrons. The Balaban J connectivity index is 1.28. The average molecular weight is 606 g/mol. The smallest absolute Gasteiger partial charge is 0.137 e. The van der Waals surface area contributed by atoms with E-state index in [2.05, 4.69) is 102 Å². The molecule has 0 fully saturated rings. The SMILES string of the molecule is Cc1cccc(-c2cc(-c3cccc(-c4nc5ccccn5c4-c4ccccc4)c3)nc(-c3ccc(-c4ccccc4)cc3O)c2)c1. The molecular formula is C43H31N3O. The molecule has 5 aromatic carbocycles. The van der Waals surface area contributed by atoms with Gasteiger partial charge in [-0.25, -0.2) is 9.97 Å². The summed E-state index contributed by atoms with van der Waals surface area (Å²) in [6, 6.07) is 53.5. The van der Waals surface area contributed by atoms with Gasteiger partial charge in [-0.2, -0.15) is 0 Å². The van der Waals surface area contributed by atoms with E-state index in [1.165, 1.54) is 5.56 Å². The number of aromatic nitrogens is 3. The first-order valence-corrected chi connectivity index (χ1v) is 15.7. The quantitative estimate of drug-likeness (QED) is 0.205. The molecule has 0 aliphatic heterocycles. The van der Waals surface area contributed by atoms with Crippen molar-refractivity contribution in [2.75, 3.05) is 0 Å². The molecular weight excluding hydrogens is 574 g/mol. The van der Waals surface area contributed by atoms with Crippen LogP contribution < -0.4 is 0 Å². The molecule has 0 saturated carbocycles. The highest BCUT2D eigenvalue weighted by Gasteiger charge is 2.18. The zero-order valence-electron chi connectivity index (χ0n) is 25.9. The molecule has 8 aromatic rings. The second-order valence-electron chi connectivity index (χ2n) is 11.8. The summed E-state index contributed by atoms with van der Waals surface area (Å²) in [6.45, 7) is 2.10. The molecule has 3 heterocycles. The normalized spacial score (nSPS) is 11.2. The fourth-order valence-electron chi connectivity index (χ4n) is 6.26. The van der Waals surface area contributed by atoms with Crippen LogP contribution in [0.2, 0.25) is 0 Å². The van der Waals surface area contributed by atoms with Gasteiger partial charge in [-0.1, -0.05) is 121 Å². The van der Waals surface area contributed by atoms with E-state index >= 15 is 0 Å². The van der Waals surface area contributed by atoms with Gasteiger partial charge in [0.2, 0.25) is 0 Å². The van der Waals surface area contributed by atoms with E-state index in [-0.39, 0.29) is 5.75 Å². The standard InChI is InChI=1S/C43H31N3O/c1-29-12-10-17-32(24-29)36-26-38(44-39(27-36)37-22-21-33(28-40(37)47)30-13-4-2-5-14-30)34-18-11-19-35(25-34)42-43(31-15-6-3-7-16-31)46-23-9-8-20-41(46)45-42/h2-28,47H,1H3. The van der Waals surface area contributed by atoms with Gasteiger partial charge in [0.05, 0.1) is 22.8 Å². The van der Waals surface area contributed by atoms with Crippen molar-refractivity contribution in [2.45, 2.75) is 6.92 Å². The number of nitrogens with zero attached hydrogens (tertiary/aromatic N) is 3. The Morgan fingerprint density at radius 3 is 1.91 bits per heavy atom. The lowest BCUT2D eigenvalue weighted by atomic mass is 9.96. The van der Waals surface area contributed by atoms with Gasteiger partial charge >= 0.3 is 0 Å². The number of aryl methyl sites for hydroxylation is 1. The van der Waals surface area contributed by atoms with Crippen LogP contribution in [0.1, 0.15) is 5.56 Å². The molecule has 8 rings (SSSR count). The zero-order chi connectivity index (χ0) is 31.7. The van der Waals surface area contributed by atoms with Crippen LogP contribution in [0.15, 0.2) is 164 Å². The van der Waals surface area contributed by atoms with Crippen LogP contribution in [-0.4, -0.2) is 19.5 Å². The highest BCUT2D eigenvalue weighted by molar-refractivity contribution is 5.85. The van der Waals surface area contributed by atoms with Crippen LogP contribution in [-0.2, 0) is 0 Å². The number of pyridine rings is 2. The highest BCUT2D eigenvalue weighted by Crippen LogP contribution is 2.38. The van der Waals surface area contributed by atoms with Crippen LogP contribution in [0.3, 0.4) is 0 Å². The maximum absolute atomic E-state index is 11.3. The number of aromatic hydroxyl groups is 1.